The summed E-state index contributed by atoms with van der Waals surface area (Å²) in [7, 11) is 1.34. The molecule has 142 valence electrons. The predicted molar refractivity (Wildman–Crippen MR) is 73.4 cm³/mol. The summed E-state index contributed by atoms with van der Waals surface area (Å²) in [4.78, 5) is 0. The Bertz CT molecular complexity index is 396. The lowest BCUT2D eigenvalue weighted by atomic mass is 9.97. The molecule has 2 fully saturated rings. The van der Waals surface area contributed by atoms with Crippen LogP contribution in [0.15, 0.2) is 0 Å². The molecule has 0 unspecified atom stereocenters. The van der Waals surface area contributed by atoms with Crippen LogP contribution in [0.25, 0.3) is 0 Å². The molecule has 0 aromatic rings. The SMILES string of the molecule is COC[C@@H]1O[C@H](O[C@@H]2[C@@H](O)[C@@H](O)O[C@H](CO)[C@@H]2O)[C@@H](O)[C@H](O)[C@H]1O. The van der Waals surface area contributed by atoms with Crippen molar-refractivity contribution >= 4 is 0 Å². The van der Waals surface area contributed by atoms with E-state index in [0.717, 1.165) is 0 Å². The minimum atomic E-state index is -1.73. The maximum Gasteiger partial charge on any atom is 0.187 e. The number of rotatable bonds is 5. The summed E-state index contributed by atoms with van der Waals surface area (Å²) < 4.78 is 20.3. The van der Waals surface area contributed by atoms with Crippen molar-refractivity contribution in [1.29, 1.82) is 0 Å². The van der Waals surface area contributed by atoms with Crippen molar-refractivity contribution in [2.75, 3.05) is 20.3 Å². The largest absolute Gasteiger partial charge is 0.394 e. The van der Waals surface area contributed by atoms with E-state index in [1.54, 1.807) is 0 Å². The molecule has 0 spiro atoms. The van der Waals surface area contributed by atoms with Crippen molar-refractivity contribution in [3.63, 3.8) is 0 Å². The van der Waals surface area contributed by atoms with E-state index in [2.05, 4.69) is 0 Å². The summed E-state index contributed by atoms with van der Waals surface area (Å²) in [5.41, 5.74) is 0. The Labute approximate surface area is 137 Å². The first-order chi connectivity index (χ1) is 11.3. The van der Waals surface area contributed by atoms with Gasteiger partial charge in [-0.1, -0.05) is 0 Å². The van der Waals surface area contributed by atoms with Crippen LogP contribution in [-0.2, 0) is 18.9 Å². The molecule has 2 heterocycles. The Morgan fingerprint density at radius 1 is 0.792 bits per heavy atom. The maximum atomic E-state index is 10.1. The molecule has 24 heavy (non-hydrogen) atoms. The second-order valence-corrected chi connectivity index (χ2v) is 5.80. The summed E-state index contributed by atoms with van der Waals surface area (Å²) in [6, 6.07) is 0. The standard InChI is InChI=1S/C13H24O11/c1-21-3-5-6(15)8(17)9(18)13(23-5)24-11-7(16)4(2-14)22-12(20)10(11)19/h4-20H,2-3H2,1H3/t4-,5+,6+,7+,8-,9+,10-,11+,12+,13-/m1/s1. The third-order valence-electron chi connectivity index (χ3n) is 4.13. The Kier molecular flexibility index (Phi) is 6.87. The number of ether oxygens (including phenoxy) is 4. The summed E-state index contributed by atoms with van der Waals surface area (Å²) >= 11 is 0. The molecule has 10 atom stereocenters. The summed E-state index contributed by atoms with van der Waals surface area (Å²) in [5.74, 6) is 0. The van der Waals surface area contributed by atoms with Gasteiger partial charge in [-0.25, -0.2) is 0 Å². The highest BCUT2D eigenvalue weighted by Crippen LogP contribution is 2.28. The fraction of sp³-hybridized carbons (Fsp3) is 1.00. The van der Waals surface area contributed by atoms with Gasteiger partial charge in [0.15, 0.2) is 12.6 Å². The first-order valence-corrected chi connectivity index (χ1v) is 7.46. The van der Waals surface area contributed by atoms with Crippen LogP contribution in [0.2, 0.25) is 0 Å². The molecule has 11 heteroatoms. The predicted octanol–water partition coefficient (Wildman–Crippen LogP) is -4.74. The second kappa shape index (κ2) is 8.29. The van der Waals surface area contributed by atoms with Gasteiger partial charge in [0.05, 0.1) is 13.2 Å². The lowest BCUT2D eigenvalue weighted by molar-refractivity contribution is -0.356. The molecule has 2 saturated heterocycles. The number of aliphatic hydroxyl groups is 7. The lowest BCUT2D eigenvalue weighted by Crippen LogP contribution is -2.64. The van der Waals surface area contributed by atoms with Crippen LogP contribution < -0.4 is 0 Å². The second-order valence-electron chi connectivity index (χ2n) is 5.80. The molecule has 0 bridgehead atoms. The number of hydrogen-bond acceptors (Lipinski definition) is 11. The van der Waals surface area contributed by atoms with E-state index < -0.39 is 68.0 Å². The molecule has 0 aromatic carbocycles. The molecule has 2 aliphatic heterocycles. The summed E-state index contributed by atoms with van der Waals surface area (Å²) in [5, 5.41) is 68.4. The molecular weight excluding hydrogens is 332 g/mol. The van der Waals surface area contributed by atoms with Gasteiger partial charge in [0.2, 0.25) is 0 Å². The van der Waals surface area contributed by atoms with Gasteiger partial charge in [-0.05, 0) is 0 Å². The molecule has 0 radical (unpaired) electrons. The zero-order valence-corrected chi connectivity index (χ0v) is 13.0. The van der Waals surface area contributed by atoms with Crippen molar-refractivity contribution in [3.05, 3.63) is 0 Å². The van der Waals surface area contributed by atoms with E-state index >= 15 is 0 Å². The fourth-order valence-corrected chi connectivity index (χ4v) is 2.71. The molecule has 0 amide bonds. The highest BCUT2D eigenvalue weighted by atomic mass is 16.7. The molecule has 2 rings (SSSR count). The fourth-order valence-electron chi connectivity index (χ4n) is 2.71. The molecule has 11 nitrogen and oxygen atoms in total. The van der Waals surface area contributed by atoms with Crippen molar-refractivity contribution in [2.45, 2.75) is 61.4 Å². The Morgan fingerprint density at radius 2 is 1.46 bits per heavy atom. The molecule has 0 aliphatic carbocycles. The van der Waals surface area contributed by atoms with Crippen LogP contribution in [0.4, 0.5) is 0 Å². The minimum Gasteiger partial charge on any atom is -0.394 e. The molecule has 2 aliphatic rings. The average molecular weight is 356 g/mol. The topological polar surface area (TPSA) is 179 Å². The number of aliphatic hydroxyl groups excluding tert-OH is 7. The lowest BCUT2D eigenvalue weighted by Gasteiger charge is -2.45. The molecule has 0 saturated carbocycles. The maximum absolute atomic E-state index is 10.1. The molecule has 0 aromatic heterocycles. The normalized spacial score (nSPS) is 50.0. The quantitative estimate of drug-likeness (QED) is 0.251. The van der Waals surface area contributed by atoms with Gasteiger partial charge >= 0.3 is 0 Å². The van der Waals surface area contributed by atoms with Crippen molar-refractivity contribution in [1.82, 2.24) is 0 Å². The first kappa shape index (κ1) is 19.9. The van der Waals surface area contributed by atoms with Crippen LogP contribution in [0.1, 0.15) is 0 Å². The van der Waals surface area contributed by atoms with Gasteiger partial charge < -0.3 is 54.7 Å². The van der Waals surface area contributed by atoms with Crippen molar-refractivity contribution in [2.24, 2.45) is 0 Å². The monoisotopic (exact) mass is 356 g/mol. The Hall–Kier alpha value is -0.440. The van der Waals surface area contributed by atoms with Crippen LogP contribution in [0.5, 0.6) is 0 Å². The summed E-state index contributed by atoms with van der Waals surface area (Å²) in [6.07, 6.45) is -14.9. The van der Waals surface area contributed by atoms with Gasteiger partial charge in [-0.15, -0.1) is 0 Å². The number of hydrogen-bond donors (Lipinski definition) is 7. The van der Waals surface area contributed by atoms with E-state index in [1.165, 1.54) is 7.11 Å². The van der Waals surface area contributed by atoms with Gasteiger partial charge in [-0.2, -0.15) is 0 Å². The molecule has 7 N–H and O–H groups in total. The highest BCUT2D eigenvalue weighted by molar-refractivity contribution is 4.93. The van der Waals surface area contributed by atoms with Crippen LogP contribution in [0, 0.1) is 0 Å². The third kappa shape index (κ3) is 3.86. The van der Waals surface area contributed by atoms with Gasteiger partial charge in [0, 0.05) is 7.11 Å². The van der Waals surface area contributed by atoms with Gasteiger partial charge in [-0.3, -0.25) is 0 Å². The zero-order valence-electron chi connectivity index (χ0n) is 13.0. The van der Waals surface area contributed by atoms with Gasteiger partial charge in [0.25, 0.3) is 0 Å². The van der Waals surface area contributed by atoms with E-state index in [0.29, 0.717) is 0 Å². The van der Waals surface area contributed by atoms with Crippen molar-refractivity contribution < 1.29 is 54.7 Å². The minimum absolute atomic E-state index is 0.106. The van der Waals surface area contributed by atoms with Gasteiger partial charge in [0.1, 0.15) is 48.8 Å². The highest BCUT2D eigenvalue weighted by Gasteiger charge is 2.50. The average Bonchev–Trinajstić information content (AvgIpc) is 2.56. The van der Waals surface area contributed by atoms with E-state index in [9.17, 15) is 30.6 Å². The Morgan fingerprint density at radius 3 is 2.04 bits per heavy atom. The van der Waals surface area contributed by atoms with Crippen LogP contribution in [0.3, 0.4) is 0 Å². The van der Waals surface area contributed by atoms with E-state index in [-0.39, 0.29) is 6.61 Å². The first-order valence-electron chi connectivity index (χ1n) is 7.46. The van der Waals surface area contributed by atoms with E-state index in [1.807, 2.05) is 0 Å². The zero-order chi connectivity index (χ0) is 18.0. The number of methoxy groups -OCH3 is 1. The molecular formula is C13H24O11. The Balaban J connectivity index is 2.11. The van der Waals surface area contributed by atoms with Crippen LogP contribution in [-0.4, -0.2) is 117 Å². The van der Waals surface area contributed by atoms with Crippen molar-refractivity contribution in [3.8, 4) is 0 Å². The third-order valence-corrected chi connectivity index (χ3v) is 4.13. The van der Waals surface area contributed by atoms with Crippen LogP contribution >= 0.6 is 0 Å². The van der Waals surface area contributed by atoms with E-state index in [4.69, 9.17) is 24.1 Å². The summed E-state index contributed by atoms with van der Waals surface area (Å²) in [6.45, 7) is -0.752. The smallest absolute Gasteiger partial charge is 0.187 e.